The molecule has 0 aromatic heterocycles. The standard InChI is InChI=1S/C29H25ClN2O2/c1-18-15-16-21(17-22(18)30)32-23-13-8-14-24(33)26(23)25(19-9-4-2-5-10-19)27(29(32)31)28(34)20-11-6-3-7-12-20/h2-7,9-12,15-17,25,31,34H,8,13-14H2,1H3. The molecule has 1 unspecified atom stereocenters. The lowest BCUT2D eigenvalue weighted by Gasteiger charge is -2.42. The van der Waals surface area contributed by atoms with Crippen LogP contribution in [0.2, 0.25) is 5.02 Å². The number of hydrogen-bond donors (Lipinski definition) is 2. The van der Waals surface area contributed by atoms with Gasteiger partial charge in [-0.1, -0.05) is 78.3 Å². The molecule has 0 radical (unpaired) electrons. The molecular weight excluding hydrogens is 444 g/mol. The Bertz CT molecular complexity index is 1340. The van der Waals surface area contributed by atoms with E-state index in [4.69, 9.17) is 11.6 Å². The number of benzene rings is 3. The number of ketones is 1. The minimum absolute atomic E-state index is 0.00702. The van der Waals surface area contributed by atoms with Gasteiger partial charge >= 0.3 is 0 Å². The summed E-state index contributed by atoms with van der Waals surface area (Å²) in [6, 6.07) is 24.6. The zero-order valence-corrected chi connectivity index (χ0v) is 19.6. The average Bonchev–Trinajstić information content (AvgIpc) is 2.86. The van der Waals surface area contributed by atoms with Gasteiger partial charge in [-0.15, -0.1) is 0 Å². The fraction of sp³-hybridized carbons (Fsp3) is 0.172. The van der Waals surface area contributed by atoms with Gasteiger partial charge in [0.1, 0.15) is 11.6 Å². The van der Waals surface area contributed by atoms with Crippen molar-refractivity contribution < 1.29 is 9.90 Å². The van der Waals surface area contributed by atoms with Crippen LogP contribution in [-0.4, -0.2) is 16.7 Å². The van der Waals surface area contributed by atoms with Gasteiger partial charge in [0.25, 0.3) is 0 Å². The number of aliphatic hydroxyl groups is 1. The first-order valence-corrected chi connectivity index (χ1v) is 11.8. The number of hydrogen-bond acceptors (Lipinski definition) is 3. The number of allylic oxidation sites excluding steroid dienone is 2. The highest BCUT2D eigenvalue weighted by Crippen LogP contribution is 2.48. The van der Waals surface area contributed by atoms with Crippen LogP contribution in [0.25, 0.3) is 5.76 Å². The van der Waals surface area contributed by atoms with Crippen LogP contribution in [-0.2, 0) is 4.79 Å². The zero-order valence-electron chi connectivity index (χ0n) is 18.9. The van der Waals surface area contributed by atoms with E-state index in [0.717, 1.165) is 23.2 Å². The van der Waals surface area contributed by atoms with Gasteiger partial charge in [-0.2, -0.15) is 0 Å². The fourth-order valence-electron chi connectivity index (χ4n) is 4.93. The highest BCUT2D eigenvalue weighted by Gasteiger charge is 2.43. The van der Waals surface area contributed by atoms with Crippen molar-refractivity contribution in [2.45, 2.75) is 32.1 Å². The molecule has 4 nitrogen and oxygen atoms in total. The Morgan fingerprint density at radius 1 is 1.00 bits per heavy atom. The third-order valence-electron chi connectivity index (χ3n) is 6.60. The lowest BCUT2D eigenvalue weighted by Crippen LogP contribution is -2.42. The molecule has 0 bridgehead atoms. The fourth-order valence-corrected chi connectivity index (χ4v) is 5.10. The summed E-state index contributed by atoms with van der Waals surface area (Å²) in [5, 5.41) is 21.5. The Morgan fingerprint density at radius 2 is 1.68 bits per heavy atom. The third kappa shape index (κ3) is 3.74. The first kappa shape index (κ1) is 22.2. The van der Waals surface area contributed by atoms with Gasteiger partial charge in [0, 0.05) is 45.5 Å². The number of rotatable bonds is 3. The van der Waals surface area contributed by atoms with E-state index >= 15 is 0 Å². The number of Topliss-reactive ketones (excluding diaryl/α,β-unsaturated/α-hetero) is 1. The number of amidine groups is 1. The van der Waals surface area contributed by atoms with E-state index in [2.05, 4.69) is 0 Å². The predicted octanol–water partition coefficient (Wildman–Crippen LogP) is 7.21. The van der Waals surface area contributed by atoms with E-state index < -0.39 is 5.92 Å². The number of anilines is 1. The molecule has 5 rings (SSSR count). The van der Waals surface area contributed by atoms with Crippen LogP contribution in [0, 0.1) is 12.3 Å². The number of aliphatic hydroxyl groups excluding tert-OH is 1. The van der Waals surface area contributed by atoms with E-state index in [9.17, 15) is 15.3 Å². The number of carbonyl (C=O) groups excluding carboxylic acids is 1. The molecule has 0 spiro atoms. The zero-order chi connectivity index (χ0) is 23.8. The molecule has 2 aliphatic rings. The van der Waals surface area contributed by atoms with Gasteiger partial charge in [-0.25, -0.2) is 0 Å². The second-order valence-electron chi connectivity index (χ2n) is 8.73. The van der Waals surface area contributed by atoms with Gasteiger partial charge in [0.15, 0.2) is 5.78 Å². The topological polar surface area (TPSA) is 64.4 Å². The first-order chi connectivity index (χ1) is 16.5. The summed E-state index contributed by atoms with van der Waals surface area (Å²) in [6.45, 7) is 1.93. The van der Waals surface area contributed by atoms with E-state index in [-0.39, 0.29) is 17.4 Å². The van der Waals surface area contributed by atoms with E-state index in [0.29, 0.717) is 40.3 Å². The molecule has 3 aromatic carbocycles. The molecule has 1 heterocycles. The SMILES string of the molecule is Cc1ccc(N2C(=N)C(=C(O)c3ccccc3)C(c3ccccc3)C3=C2CCCC3=O)cc1Cl. The van der Waals surface area contributed by atoms with E-state index in [1.54, 1.807) is 4.90 Å². The van der Waals surface area contributed by atoms with Crippen LogP contribution < -0.4 is 4.90 Å². The van der Waals surface area contributed by atoms with E-state index in [1.165, 1.54) is 0 Å². The van der Waals surface area contributed by atoms with Gasteiger partial charge in [0.05, 0.1) is 0 Å². The largest absolute Gasteiger partial charge is 0.507 e. The quantitative estimate of drug-likeness (QED) is 0.399. The summed E-state index contributed by atoms with van der Waals surface area (Å²) in [5.41, 5.74) is 5.04. The number of nitrogens with zero attached hydrogens (tertiary/aromatic N) is 1. The van der Waals surface area contributed by atoms with Crippen molar-refractivity contribution in [3.05, 3.63) is 117 Å². The van der Waals surface area contributed by atoms with Crippen molar-refractivity contribution in [2.24, 2.45) is 0 Å². The van der Waals surface area contributed by atoms with Crippen molar-refractivity contribution in [1.29, 1.82) is 5.41 Å². The molecule has 0 amide bonds. The molecule has 1 aliphatic carbocycles. The van der Waals surface area contributed by atoms with Crippen LogP contribution >= 0.6 is 11.6 Å². The van der Waals surface area contributed by atoms with Crippen molar-refractivity contribution in [3.8, 4) is 0 Å². The first-order valence-electron chi connectivity index (χ1n) is 11.4. The van der Waals surface area contributed by atoms with E-state index in [1.807, 2.05) is 85.8 Å². The van der Waals surface area contributed by atoms with Crippen LogP contribution in [0.3, 0.4) is 0 Å². The van der Waals surface area contributed by atoms with Crippen LogP contribution in [0.4, 0.5) is 5.69 Å². The minimum atomic E-state index is -0.520. The van der Waals surface area contributed by atoms with Crippen LogP contribution in [0.5, 0.6) is 0 Å². The maximum absolute atomic E-state index is 13.4. The molecule has 0 saturated carbocycles. The molecule has 3 aromatic rings. The molecule has 0 saturated heterocycles. The number of nitrogens with one attached hydrogen (secondary N) is 1. The summed E-state index contributed by atoms with van der Waals surface area (Å²) in [5.74, 6) is -0.297. The molecule has 0 fully saturated rings. The summed E-state index contributed by atoms with van der Waals surface area (Å²) in [6.07, 6.45) is 1.86. The Kier molecular flexibility index (Phi) is 5.84. The van der Waals surface area contributed by atoms with Crippen molar-refractivity contribution in [1.82, 2.24) is 0 Å². The summed E-state index contributed by atoms with van der Waals surface area (Å²) >= 11 is 6.46. The average molecular weight is 469 g/mol. The second kappa shape index (κ2) is 8.96. The molecule has 2 N–H and O–H groups in total. The second-order valence-corrected chi connectivity index (χ2v) is 9.13. The maximum atomic E-state index is 13.4. The molecule has 1 atom stereocenters. The Hall–Kier alpha value is -3.63. The maximum Gasteiger partial charge on any atom is 0.161 e. The number of halogens is 1. The van der Waals surface area contributed by atoms with Crippen molar-refractivity contribution in [2.75, 3.05) is 4.90 Å². The lowest BCUT2D eigenvalue weighted by molar-refractivity contribution is -0.116. The third-order valence-corrected chi connectivity index (χ3v) is 7.01. The summed E-state index contributed by atoms with van der Waals surface area (Å²) in [4.78, 5) is 15.2. The summed E-state index contributed by atoms with van der Waals surface area (Å²) < 4.78 is 0. The highest BCUT2D eigenvalue weighted by atomic mass is 35.5. The van der Waals surface area contributed by atoms with Gasteiger partial charge in [-0.05, 0) is 43.0 Å². The smallest absolute Gasteiger partial charge is 0.161 e. The number of aryl methyl sites for hydroxylation is 1. The monoisotopic (exact) mass is 468 g/mol. The molecule has 170 valence electrons. The van der Waals surface area contributed by atoms with Crippen LogP contribution in [0.1, 0.15) is 41.9 Å². The number of carbonyl (C=O) groups is 1. The lowest BCUT2D eigenvalue weighted by atomic mass is 9.73. The summed E-state index contributed by atoms with van der Waals surface area (Å²) in [7, 11) is 0. The Labute approximate surface area is 204 Å². The molecule has 1 aliphatic heterocycles. The molecule has 5 heteroatoms. The van der Waals surface area contributed by atoms with Gasteiger partial charge < -0.3 is 5.11 Å². The van der Waals surface area contributed by atoms with Gasteiger partial charge in [-0.3, -0.25) is 15.1 Å². The van der Waals surface area contributed by atoms with Crippen LogP contribution in [0.15, 0.2) is 95.7 Å². The van der Waals surface area contributed by atoms with Crippen molar-refractivity contribution >= 4 is 34.7 Å². The Balaban J connectivity index is 1.83. The minimum Gasteiger partial charge on any atom is -0.507 e. The van der Waals surface area contributed by atoms with Crippen molar-refractivity contribution in [3.63, 3.8) is 0 Å². The highest BCUT2D eigenvalue weighted by molar-refractivity contribution is 6.32. The van der Waals surface area contributed by atoms with Gasteiger partial charge in [0.2, 0.25) is 0 Å². The predicted molar refractivity (Wildman–Crippen MR) is 137 cm³/mol. The normalized spacial score (nSPS) is 19.8. The molecular formula is C29H25ClN2O2. The molecule has 34 heavy (non-hydrogen) atoms. The Morgan fingerprint density at radius 3 is 2.35 bits per heavy atom.